The predicted molar refractivity (Wildman–Crippen MR) is 95.2 cm³/mol. The van der Waals surface area contributed by atoms with E-state index in [0.29, 0.717) is 16.8 Å². The van der Waals surface area contributed by atoms with E-state index in [1.807, 2.05) is 79.7 Å². The molecule has 3 heteroatoms. The summed E-state index contributed by atoms with van der Waals surface area (Å²) in [7, 11) is 0. The molecule has 0 aliphatic carbocycles. The molecule has 3 N–H and O–H groups in total. The Morgan fingerprint density at radius 2 is 1.61 bits per heavy atom. The first-order valence-electron chi connectivity index (χ1n) is 7.46. The van der Waals surface area contributed by atoms with E-state index in [-0.39, 0.29) is 5.78 Å². The van der Waals surface area contributed by atoms with Crippen LogP contribution in [0.25, 0.3) is 0 Å². The lowest BCUT2D eigenvalue weighted by Gasteiger charge is -2.09. The van der Waals surface area contributed by atoms with Crippen LogP contribution in [0.4, 0.5) is 17.1 Å². The monoisotopic (exact) mass is 302 g/mol. The molecule has 3 rings (SSSR count). The van der Waals surface area contributed by atoms with Gasteiger partial charge in [0.15, 0.2) is 5.78 Å². The Kier molecular flexibility index (Phi) is 4.11. The first-order valence-corrected chi connectivity index (χ1v) is 7.46. The van der Waals surface area contributed by atoms with Gasteiger partial charge in [0, 0.05) is 16.8 Å². The van der Waals surface area contributed by atoms with Crippen LogP contribution in [0.15, 0.2) is 72.8 Å². The highest BCUT2D eigenvalue weighted by Crippen LogP contribution is 2.23. The van der Waals surface area contributed by atoms with Gasteiger partial charge in [-0.2, -0.15) is 0 Å². The van der Waals surface area contributed by atoms with Crippen molar-refractivity contribution in [3.05, 3.63) is 89.5 Å². The maximum absolute atomic E-state index is 12.5. The van der Waals surface area contributed by atoms with Gasteiger partial charge in [0.05, 0.1) is 11.4 Å². The Balaban J connectivity index is 1.79. The van der Waals surface area contributed by atoms with Crippen molar-refractivity contribution in [3.8, 4) is 0 Å². The molecule has 114 valence electrons. The Morgan fingerprint density at radius 1 is 0.870 bits per heavy atom. The van der Waals surface area contributed by atoms with Crippen molar-refractivity contribution in [2.75, 3.05) is 11.1 Å². The van der Waals surface area contributed by atoms with Crippen molar-refractivity contribution in [2.45, 2.75) is 6.92 Å². The molecule has 3 aromatic rings. The number of carbonyl (C=O) groups excluding carboxylic acids is 1. The first kappa shape index (κ1) is 14.9. The van der Waals surface area contributed by atoms with Gasteiger partial charge in [0.1, 0.15) is 0 Å². The minimum atomic E-state index is 0.0273. The third kappa shape index (κ3) is 3.40. The Labute approximate surface area is 135 Å². The molecule has 0 saturated heterocycles. The number of benzene rings is 3. The highest BCUT2D eigenvalue weighted by molar-refractivity contribution is 6.09. The molecule has 0 aliphatic rings. The van der Waals surface area contributed by atoms with Crippen molar-refractivity contribution in [2.24, 2.45) is 0 Å². The lowest BCUT2D eigenvalue weighted by Crippen LogP contribution is -2.02. The smallest absolute Gasteiger partial charge is 0.193 e. The van der Waals surface area contributed by atoms with Gasteiger partial charge in [-0.1, -0.05) is 35.9 Å². The average Bonchev–Trinajstić information content (AvgIpc) is 2.57. The fourth-order valence-electron chi connectivity index (χ4n) is 2.42. The maximum Gasteiger partial charge on any atom is 0.193 e. The molecule has 23 heavy (non-hydrogen) atoms. The van der Waals surface area contributed by atoms with Gasteiger partial charge in [-0.05, 0) is 49.4 Å². The summed E-state index contributed by atoms with van der Waals surface area (Å²) in [6, 6.07) is 22.6. The van der Waals surface area contributed by atoms with Crippen LogP contribution in [0.1, 0.15) is 21.5 Å². The number of nitrogens with two attached hydrogens (primary N) is 1. The van der Waals surface area contributed by atoms with E-state index >= 15 is 0 Å². The normalized spacial score (nSPS) is 10.3. The molecular formula is C20H18N2O. The highest BCUT2D eigenvalue weighted by atomic mass is 16.1. The number of anilines is 3. The second kappa shape index (κ2) is 6.36. The molecule has 0 aromatic heterocycles. The molecule has 0 aliphatic heterocycles. The summed E-state index contributed by atoms with van der Waals surface area (Å²) in [6.45, 7) is 1.98. The molecule has 3 aromatic carbocycles. The lowest BCUT2D eigenvalue weighted by molar-refractivity contribution is 0.103. The van der Waals surface area contributed by atoms with E-state index in [1.165, 1.54) is 0 Å². The van der Waals surface area contributed by atoms with Gasteiger partial charge in [-0.15, -0.1) is 0 Å². The van der Waals surface area contributed by atoms with Crippen LogP contribution in [0.3, 0.4) is 0 Å². The zero-order valence-electron chi connectivity index (χ0n) is 12.9. The number of hydrogen-bond acceptors (Lipinski definition) is 3. The Hall–Kier alpha value is -3.07. The number of rotatable bonds is 4. The van der Waals surface area contributed by atoms with Crippen LogP contribution >= 0.6 is 0 Å². The Morgan fingerprint density at radius 3 is 2.30 bits per heavy atom. The van der Waals surface area contributed by atoms with Crippen LogP contribution in [0.5, 0.6) is 0 Å². The Bertz CT molecular complexity index is 838. The quantitative estimate of drug-likeness (QED) is 0.549. The number of nitrogens with one attached hydrogen (secondary N) is 1. The molecule has 0 bridgehead atoms. The topological polar surface area (TPSA) is 55.1 Å². The number of hydrogen-bond donors (Lipinski definition) is 2. The molecule has 0 atom stereocenters. The molecular weight excluding hydrogens is 284 g/mol. The SMILES string of the molecule is Cc1cccc(C(=O)c2ccc(Nc3ccccc3N)cc2)c1. The largest absolute Gasteiger partial charge is 0.397 e. The summed E-state index contributed by atoms with van der Waals surface area (Å²) in [6.07, 6.45) is 0. The van der Waals surface area contributed by atoms with Crippen LogP contribution in [-0.2, 0) is 0 Å². The third-order valence-corrected chi connectivity index (χ3v) is 3.67. The number of carbonyl (C=O) groups is 1. The summed E-state index contributed by atoms with van der Waals surface area (Å²) in [5.74, 6) is 0.0273. The van der Waals surface area contributed by atoms with E-state index in [2.05, 4.69) is 5.32 Å². The summed E-state index contributed by atoms with van der Waals surface area (Å²) in [4.78, 5) is 12.5. The van der Waals surface area contributed by atoms with Crippen molar-refractivity contribution in [1.82, 2.24) is 0 Å². The molecule has 0 radical (unpaired) electrons. The van der Waals surface area contributed by atoms with E-state index in [1.54, 1.807) is 0 Å². The standard InChI is InChI=1S/C20H18N2O/c1-14-5-4-6-16(13-14)20(23)15-9-11-17(12-10-15)22-19-8-3-2-7-18(19)21/h2-13,22H,21H2,1H3. The van der Waals surface area contributed by atoms with Crippen molar-refractivity contribution in [3.63, 3.8) is 0 Å². The second-order valence-electron chi connectivity index (χ2n) is 5.49. The fraction of sp³-hybridized carbons (Fsp3) is 0.0500. The number of ketones is 1. The van der Waals surface area contributed by atoms with Gasteiger partial charge < -0.3 is 11.1 Å². The van der Waals surface area contributed by atoms with Crippen LogP contribution in [0.2, 0.25) is 0 Å². The van der Waals surface area contributed by atoms with E-state index < -0.39 is 0 Å². The molecule has 3 nitrogen and oxygen atoms in total. The average molecular weight is 302 g/mol. The van der Waals surface area contributed by atoms with Crippen molar-refractivity contribution >= 4 is 22.8 Å². The highest BCUT2D eigenvalue weighted by Gasteiger charge is 2.09. The molecule has 0 amide bonds. The van der Waals surface area contributed by atoms with Crippen LogP contribution in [-0.4, -0.2) is 5.78 Å². The molecule has 0 saturated carbocycles. The number of aryl methyl sites for hydroxylation is 1. The summed E-state index contributed by atoms with van der Waals surface area (Å²) < 4.78 is 0. The zero-order valence-corrected chi connectivity index (χ0v) is 12.9. The van der Waals surface area contributed by atoms with Gasteiger partial charge in [-0.3, -0.25) is 4.79 Å². The molecule has 0 spiro atoms. The fourth-order valence-corrected chi connectivity index (χ4v) is 2.42. The summed E-state index contributed by atoms with van der Waals surface area (Å²) in [5, 5.41) is 3.25. The lowest BCUT2D eigenvalue weighted by atomic mass is 10.0. The molecule has 0 unspecified atom stereocenters. The zero-order chi connectivity index (χ0) is 16.2. The minimum absolute atomic E-state index is 0.0273. The van der Waals surface area contributed by atoms with E-state index in [4.69, 9.17) is 5.73 Å². The third-order valence-electron chi connectivity index (χ3n) is 3.67. The maximum atomic E-state index is 12.5. The van der Waals surface area contributed by atoms with Crippen LogP contribution < -0.4 is 11.1 Å². The van der Waals surface area contributed by atoms with Gasteiger partial charge >= 0.3 is 0 Å². The number of para-hydroxylation sites is 2. The summed E-state index contributed by atoms with van der Waals surface area (Å²) >= 11 is 0. The van der Waals surface area contributed by atoms with Gasteiger partial charge in [0.2, 0.25) is 0 Å². The number of nitrogen functional groups attached to an aromatic ring is 1. The van der Waals surface area contributed by atoms with Gasteiger partial charge in [-0.25, -0.2) is 0 Å². The molecule has 0 heterocycles. The van der Waals surface area contributed by atoms with E-state index in [0.717, 1.165) is 16.9 Å². The van der Waals surface area contributed by atoms with Crippen molar-refractivity contribution in [1.29, 1.82) is 0 Å². The first-order chi connectivity index (χ1) is 11.1. The van der Waals surface area contributed by atoms with Crippen LogP contribution in [0, 0.1) is 6.92 Å². The van der Waals surface area contributed by atoms with Gasteiger partial charge in [0.25, 0.3) is 0 Å². The van der Waals surface area contributed by atoms with E-state index in [9.17, 15) is 4.79 Å². The minimum Gasteiger partial charge on any atom is -0.397 e. The summed E-state index contributed by atoms with van der Waals surface area (Å²) in [5.41, 5.74) is 10.8. The predicted octanol–water partition coefficient (Wildman–Crippen LogP) is 4.55. The molecule has 0 fully saturated rings. The second-order valence-corrected chi connectivity index (χ2v) is 5.49. The van der Waals surface area contributed by atoms with Crippen molar-refractivity contribution < 1.29 is 4.79 Å².